The summed E-state index contributed by atoms with van der Waals surface area (Å²) in [4.78, 5) is 4.31. The summed E-state index contributed by atoms with van der Waals surface area (Å²) < 4.78 is 5.81. The molecule has 0 aliphatic rings. The lowest BCUT2D eigenvalue weighted by molar-refractivity contribution is 0.296. The molecule has 0 aliphatic carbocycles. The van der Waals surface area contributed by atoms with Crippen LogP contribution in [0.25, 0.3) is 10.9 Å². The van der Waals surface area contributed by atoms with Crippen molar-refractivity contribution in [2.45, 2.75) is 19.4 Å². The SMILES string of the molecule is CNC(C)CCOc1cccc2ncccc12. The predicted molar refractivity (Wildman–Crippen MR) is 70.4 cm³/mol. The Balaban J connectivity index is 2.08. The summed E-state index contributed by atoms with van der Waals surface area (Å²) in [7, 11) is 1.96. The highest BCUT2D eigenvalue weighted by molar-refractivity contribution is 5.84. The number of nitrogens with zero attached hydrogens (tertiary/aromatic N) is 1. The van der Waals surface area contributed by atoms with E-state index in [0.29, 0.717) is 6.04 Å². The Morgan fingerprint density at radius 3 is 3.00 bits per heavy atom. The average molecular weight is 230 g/mol. The van der Waals surface area contributed by atoms with Gasteiger partial charge in [-0.05, 0) is 44.7 Å². The summed E-state index contributed by atoms with van der Waals surface area (Å²) >= 11 is 0. The molecule has 17 heavy (non-hydrogen) atoms. The number of pyridine rings is 1. The Hall–Kier alpha value is -1.61. The van der Waals surface area contributed by atoms with Gasteiger partial charge in [0.2, 0.25) is 0 Å². The van der Waals surface area contributed by atoms with Crippen LogP contribution in [0.15, 0.2) is 36.5 Å². The average Bonchev–Trinajstić information content (AvgIpc) is 2.39. The highest BCUT2D eigenvalue weighted by Crippen LogP contribution is 2.23. The summed E-state index contributed by atoms with van der Waals surface area (Å²) in [5.74, 6) is 0.916. The van der Waals surface area contributed by atoms with E-state index in [1.165, 1.54) is 0 Å². The molecule has 3 nitrogen and oxygen atoms in total. The van der Waals surface area contributed by atoms with Crippen LogP contribution in [0.5, 0.6) is 5.75 Å². The van der Waals surface area contributed by atoms with E-state index in [1.54, 1.807) is 6.20 Å². The van der Waals surface area contributed by atoms with Crippen LogP contribution in [-0.2, 0) is 0 Å². The minimum Gasteiger partial charge on any atom is -0.493 e. The molecule has 1 aromatic carbocycles. The number of ether oxygens (including phenoxy) is 1. The molecule has 0 fully saturated rings. The molecule has 1 atom stereocenters. The van der Waals surface area contributed by atoms with E-state index >= 15 is 0 Å². The van der Waals surface area contributed by atoms with E-state index in [0.717, 1.165) is 29.7 Å². The van der Waals surface area contributed by atoms with Gasteiger partial charge in [0.05, 0.1) is 12.1 Å². The lowest BCUT2D eigenvalue weighted by Crippen LogP contribution is -2.23. The van der Waals surface area contributed by atoms with Crippen molar-refractivity contribution in [3.8, 4) is 5.75 Å². The number of aromatic nitrogens is 1. The molecule has 2 aromatic rings. The van der Waals surface area contributed by atoms with Crippen LogP contribution >= 0.6 is 0 Å². The molecule has 0 saturated heterocycles. The van der Waals surface area contributed by atoms with Crippen molar-refractivity contribution < 1.29 is 4.74 Å². The highest BCUT2D eigenvalue weighted by Gasteiger charge is 2.03. The molecule has 0 saturated carbocycles. The minimum atomic E-state index is 0.475. The molecule has 90 valence electrons. The van der Waals surface area contributed by atoms with Crippen molar-refractivity contribution in [1.29, 1.82) is 0 Å². The van der Waals surface area contributed by atoms with E-state index in [4.69, 9.17) is 4.74 Å². The smallest absolute Gasteiger partial charge is 0.128 e. The van der Waals surface area contributed by atoms with Gasteiger partial charge in [-0.25, -0.2) is 0 Å². The summed E-state index contributed by atoms with van der Waals surface area (Å²) in [5, 5.41) is 4.27. The van der Waals surface area contributed by atoms with E-state index in [1.807, 2.05) is 37.4 Å². The third-order valence-electron chi connectivity index (χ3n) is 2.91. The first-order valence-corrected chi connectivity index (χ1v) is 5.95. The molecular weight excluding hydrogens is 212 g/mol. The molecule has 1 aromatic heterocycles. The first kappa shape index (κ1) is 11.9. The second kappa shape index (κ2) is 5.64. The van der Waals surface area contributed by atoms with Gasteiger partial charge in [0.1, 0.15) is 5.75 Å². The Labute approximate surface area is 102 Å². The fourth-order valence-electron chi connectivity index (χ4n) is 1.69. The number of fused-ring (bicyclic) bond motifs is 1. The standard InChI is InChI=1S/C14H18N2O/c1-11(15-2)8-10-17-14-7-3-6-13-12(14)5-4-9-16-13/h3-7,9,11,15H,8,10H2,1-2H3. The topological polar surface area (TPSA) is 34.1 Å². The maximum atomic E-state index is 5.81. The van der Waals surface area contributed by atoms with Gasteiger partial charge >= 0.3 is 0 Å². The lowest BCUT2D eigenvalue weighted by Gasteiger charge is -2.12. The van der Waals surface area contributed by atoms with Gasteiger partial charge < -0.3 is 10.1 Å². The minimum absolute atomic E-state index is 0.475. The van der Waals surface area contributed by atoms with Crippen molar-refractivity contribution in [3.05, 3.63) is 36.5 Å². The van der Waals surface area contributed by atoms with Crippen LogP contribution in [-0.4, -0.2) is 24.7 Å². The molecule has 0 spiro atoms. The third kappa shape index (κ3) is 2.94. The Bertz CT molecular complexity index is 479. The molecule has 0 radical (unpaired) electrons. The Kier molecular flexibility index (Phi) is 3.94. The first-order valence-electron chi connectivity index (χ1n) is 5.95. The van der Waals surface area contributed by atoms with Gasteiger partial charge in [-0.3, -0.25) is 4.98 Å². The summed E-state index contributed by atoms with van der Waals surface area (Å²) in [6.45, 7) is 2.87. The second-order valence-corrected chi connectivity index (χ2v) is 4.15. The van der Waals surface area contributed by atoms with E-state index in [9.17, 15) is 0 Å². The maximum absolute atomic E-state index is 5.81. The molecule has 3 heteroatoms. The molecular formula is C14H18N2O. The molecule has 0 bridgehead atoms. The summed E-state index contributed by atoms with van der Waals surface area (Å²) in [6.07, 6.45) is 2.79. The number of benzene rings is 1. The molecule has 0 amide bonds. The van der Waals surface area contributed by atoms with E-state index in [-0.39, 0.29) is 0 Å². The zero-order chi connectivity index (χ0) is 12.1. The van der Waals surface area contributed by atoms with Crippen LogP contribution < -0.4 is 10.1 Å². The van der Waals surface area contributed by atoms with Gasteiger partial charge in [0.25, 0.3) is 0 Å². The molecule has 1 N–H and O–H groups in total. The zero-order valence-corrected chi connectivity index (χ0v) is 10.3. The van der Waals surface area contributed by atoms with Crippen molar-refractivity contribution in [2.24, 2.45) is 0 Å². The van der Waals surface area contributed by atoms with Gasteiger partial charge in [-0.1, -0.05) is 6.07 Å². The van der Waals surface area contributed by atoms with Crippen molar-refractivity contribution in [2.75, 3.05) is 13.7 Å². The van der Waals surface area contributed by atoms with Crippen LogP contribution in [0, 0.1) is 0 Å². The number of rotatable bonds is 5. The van der Waals surface area contributed by atoms with Crippen LogP contribution in [0.1, 0.15) is 13.3 Å². The first-order chi connectivity index (χ1) is 8.31. The Morgan fingerprint density at radius 2 is 2.18 bits per heavy atom. The van der Waals surface area contributed by atoms with Crippen LogP contribution in [0.4, 0.5) is 0 Å². The van der Waals surface area contributed by atoms with Crippen molar-refractivity contribution in [1.82, 2.24) is 10.3 Å². The third-order valence-corrected chi connectivity index (χ3v) is 2.91. The molecule has 1 unspecified atom stereocenters. The van der Waals surface area contributed by atoms with Crippen molar-refractivity contribution in [3.63, 3.8) is 0 Å². The highest BCUT2D eigenvalue weighted by atomic mass is 16.5. The normalized spacial score (nSPS) is 12.6. The van der Waals surface area contributed by atoms with Gasteiger partial charge in [0, 0.05) is 17.6 Å². The maximum Gasteiger partial charge on any atom is 0.128 e. The van der Waals surface area contributed by atoms with Crippen LogP contribution in [0.3, 0.4) is 0 Å². The molecule has 0 aliphatic heterocycles. The Morgan fingerprint density at radius 1 is 1.29 bits per heavy atom. The fraction of sp³-hybridized carbons (Fsp3) is 0.357. The monoisotopic (exact) mass is 230 g/mol. The van der Waals surface area contributed by atoms with Gasteiger partial charge in [0.15, 0.2) is 0 Å². The number of hydrogen-bond acceptors (Lipinski definition) is 3. The lowest BCUT2D eigenvalue weighted by atomic mass is 10.2. The summed E-state index contributed by atoms with van der Waals surface area (Å²) in [6, 6.07) is 10.4. The number of hydrogen-bond donors (Lipinski definition) is 1. The van der Waals surface area contributed by atoms with E-state index in [2.05, 4.69) is 17.2 Å². The second-order valence-electron chi connectivity index (χ2n) is 4.15. The molecule has 2 rings (SSSR count). The van der Waals surface area contributed by atoms with Gasteiger partial charge in [-0.15, -0.1) is 0 Å². The van der Waals surface area contributed by atoms with Crippen LogP contribution in [0.2, 0.25) is 0 Å². The number of nitrogens with one attached hydrogen (secondary N) is 1. The fourth-order valence-corrected chi connectivity index (χ4v) is 1.69. The molecule has 1 heterocycles. The van der Waals surface area contributed by atoms with E-state index < -0.39 is 0 Å². The van der Waals surface area contributed by atoms with Gasteiger partial charge in [-0.2, -0.15) is 0 Å². The zero-order valence-electron chi connectivity index (χ0n) is 10.3. The van der Waals surface area contributed by atoms with Crippen molar-refractivity contribution >= 4 is 10.9 Å². The quantitative estimate of drug-likeness (QED) is 0.857. The summed E-state index contributed by atoms with van der Waals surface area (Å²) in [5.41, 5.74) is 0.978. The largest absolute Gasteiger partial charge is 0.493 e. The predicted octanol–water partition coefficient (Wildman–Crippen LogP) is 2.61.